The van der Waals surface area contributed by atoms with Crippen molar-refractivity contribution in [2.45, 2.75) is 39.2 Å². The van der Waals surface area contributed by atoms with E-state index >= 15 is 0 Å². The zero-order chi connectivity index (χ0) is 31.8. The van der Waals surface area contributed by atoms with Gasteiger partial charge in [-0.05, 0) is 73.0 Å². The highest BCUT2D eigenvalue weighted by atomic mass is 35.5. The SMILES string of the molecule is CCCCOc1cccc(C(=O)Oc2ccc3c(c2)OC(N)=C(C#N)C3c2ccc(OCc3ccc(Cl)cc3)c(OCC)c2)c1. The van der Waals surface area contributed by atoms with E-state index in [4.69, 9.17) is 41.0 Å². The molecule has 9 heteroatoms. The molecule has 1 aliphatic rings. The van der Waals surface area contributed by atoms with Gasteiger partial charge in [-0.25, -0.2) is 4.79 Å². The molecule has 2 N–H and O–H groups in total. The molecule has 45 heavy (non-hydrogen) atoms. The summed E-state index contributed by atoms with van der Waals surface area (Å²) in [6.45, 7) is 5.28. The molecule has 1 unspecified atom stereocenters. The Bertz CT molecular complexity index is 1750. The van der Waals surface area contributed by atoms with Gasteiger partial charge < -0.3 is 29.4 Å². The number of nitrogens with two attached hydrogens (primary N) is 1. The van der Waals surface area contributed by atoms with Crippen LogP contribution in [-0.4, -0.2) is 19.2 Å². The predicted octanol–water partition coefficient (Wildman–Crippen LogP) is 7.93. The number of esters is 1. The Hall–Kier alpha value is -5.13. The Morgan fingerprint density at radius 3 is 2.51 bits per heavy atom. The van der Waals surface area contributed by atoms with Crippen LogP contribution < -0.4 is 29.4 Å². The number of halogens is 1. The lowest BCUT2D eigenvalue weighted by Gasteiger charge is -2.27. The number of nitrogens with zero attached hydrogens (tertiary/aromatic N) is 1. The van der Waals surface area contributed by atoms with E-state index in [9.17, 15) is 10.1 Å². The van der Waals surface area contributed by atoms with Crippen LogP contribution in [-0.2, 0) is 6.61 Å². The van der Waals surface area contributed by atoms with Gasteiger partial charge in [0.05, 0.1) is 24.7 Å². The largest absolute Gasteiger partial charge is 0.494 e. The molecule has 0 saturated carbocycles. The van der Waals surface area contributed by atoms with Crippen LogP contribution in [0, 0.1) is 11.3 Å². The lowest BCUT2D eigenvalue weighted by atomic mass is 9.83. The topological polar surface area (TPSA) is 113 Å². The van der Waals surface area contributed by atoms with Gasteiger partial charge in [-0.1, -0.05) is 55.3 Å². The van der Waals surface area contributed by atoms with Crippen molar-refractivity contribution in [2.24, 2.45) is 5.73 Å². The number of allylic oxidation sites excluding steroid dienone is 1. The minimum Gasteiger partial charge on any atom is -0.494 e. The maximum atomic E-state index is 13.0. The molecule has 0 spiro atoms. The maximum absolute atomic E-state index is 13.0. The van der Waals surface area contributed by atoms with Gasteiger partial charge in [0.25, 0.3) is 0 Å². The summed E-state index contributed by atoms with van der Waals surface area (Å²) in [6, 6.07) is 27.0. The average Bonchev–Trinajstić information content (AvgIpc) is 3.04. The molecule has 1 heterocycles. The number of benzene rings is 4. The second kappa shape index (κ2) is 14.6. The fraction of sp³-hybridized carbons (Fsp3) is 0.222. The third-order valence-electron chi connectivity index (χ3n) is 7.15. The Morgan fingerprint density at radius 1 is 0.933 bits per heavy atom. The highest BCUT2D eigenvalue weighted by molar-refractivity contribution is 6.30. The molecule has 0 amide bonds. The molecule has 1 atom stereocenters. The summed E-state index contributed by atoms with van der Waals surface area (Å²) in [4.78, 5) is 13.0. The van der Waals surface area contributed by atoms with E-state index in [1.54, 1.807) is 42.5 Å². The smallest absolute Gasteiger partial charge is 0.343 e. The van der Waals surface area contributed by atoms with E-state index in [0.717, 1.165) is 24.0 Å². The number of hydrogen-bond acceptors (Lipinski definition) is 8. The number of hydrogen-bond donors (Lipinski definition) is 1. The molecule has 0 saturated heterocycles. The molecule has 4 aromatic rings. The van der Waals surface area contributed by atoms with Gasteiger partial charge in [-0.15, -0.1) is 0 Å². The number of carbonyl (C=O) groups excluding carboxylic acids is 1. The molecular weight excluding hydrogens is 592 g/mol. The summed E-state index contributed by atoms with van der Waals surface area (Å²) < 4.78 is 29.2. The second-order valence-electron chi connectivity index (χ2n) is 10.3. The summed E-state index contributed by atoms with van der Waals surface area (Å²) in [5.74, 6) is 1.20. The fourth-order valence-corrected chi connectivity index (χ4v) is 5.01. The van der Waals surface area contributed by atoms with E-state index in [1.807, 2.05) is 49.4 Å². The Kier molecular flexibility index (Phi) is 10.1. The summed E-state index contributed by atoms with van der Waals surface area (Å²) in [7, 11) is 0. The minimum atomic E-state index is -0.551. The number of rotatable bonds is 12. The van der Waals surface area contributed by atoms with Crippen molar-refractivity contribution in [2.75, 3.05) is 13.2 Å². The third kappa shape index (κ3) is 7.51. The van der Waals surface area contributed by atoms with Crippen molar-refractivity contribution in [1.82, 2.24) is 0 Å². The maximum Gasteiger partial charge on any atom is 0.343 e. The normalized spacial score (nSPS) is 13.7. The molecule has 5 rings (SSSR count). The monoisotopic (exact) mass is 624 g/mol. The minimum absolute atomic E-state index is 0.0311. The molecule has 0 aromatic heterocycles. The zero-order valence-corrected chi connectivity index (χ0v) is 25.8. The number of carbonyl (C=O) groups is 1. The van der Waals surface area contributed by atoms with Crippen molar-refractivity contribution in [3.05, 3.63) is 124 Å². The number of fused-ring (bicyclic) bond motifs is 1. The van der Waals surface area contributed by atoms with E-state index in [-0.39, 0.29) is 17.2 Å². The van der Waals surface area contributed by atoms with Crippen LogP contribution in [0.4, 0.5) is 0 Å². The predicted molar refractivity (Wildman–Crippen MR) is 171 cm³/mol. The third-order valence-corrected chi connectivity index (χ3v) is 7.40. The lowest BCUT2D eigenvalue weighted by Crippen LogP contribution is -2.21. The van der Waals surface area contributed by atoms with Gasteiger partial charge in [-0.2, -0.15) is 5.26 Å². The van der Waals surface area contributed by atoms with Crippen molar-refractivity contribution >= 4 is 17.6 Å². The van der Waals surface area contributed by atoms with Crippen LogP contribution in [0.1, 0.15) is 59.7 Å². The summed E-state index contributed by atoms with van der Waals surface area (Å²) >= 11 is 6.00. The fourth-order valence-electron chi connectivity index (χ4n) is 4.89. The molecule has 4 aromatic carbocycles. The van der Waals surface area contributed by atoms with Gasteiger partial charge in [0.2, 0.25) is 5.88 Å². The standard InChI is InChI=1S/C36H33ClN2O6/c1-3-5-17-42-27-8-6-7-25(18-27)36(40)44-28-14-15-29-32(20-28)45-35(39)30(21-38)34(29)24-11-16-31(33(19-24)41-4-2)43-22-23-9-12-26(37)13-10-23/h6-16,18-20,34H,3-5,17,22,39H2,1-2H3. The second-order valence-corrected chi connectivity index (χ2v) is 10.7. The molecule has 0 radical (unpaired) electrons. The van der Waals surface area contributed by atoms with Crippen LogP contribution >= 0.6 is 11.6 Å². The van der Waals surface area contributed by atoms with Gasteiger partial charge in [0.15, 0.2) is 11.5 Å². The van der Waals surface area contributed by atoms with Gasteiger partial charge in [-0.3, -0.25) is 0 Å². The molecule has 0 fully saturated rings. The molecule has 0 aliphatic carbocycles. The van der Waals surface area contributed by atoms with E-state index in [2.05, 4.69) is 13.0 Å². The molecular formula is C36H33ClN2O6. The first-order valence-electron chi connectivity index (χ1n) is 14.7. The lowest BCUT2D eigenvalue weighted by molar-refractivity contribution is 0.0734. The van der Waals surface area contributed by atoms with Gasteiger partial charge in [0, 0.05) is 16.7 Å². The van der Waals surface area contributed by atoms with Crippen molar-refractivity contribution < 1.29 is 28.5 Å². The van der Waals surface area contributed by atoms with Crippen LogP contribution in [0.2, 0.25) is 5.02 Å². The summed E-state index contributed by atoms with van der Waals surface area (Å²) in [6.07, 6.45) is 1.93. The highest BCUT2D eigenvalue weighted by Crippen LogP contribution is 2.45. The van der Waals surface area contributed by atoms with E-state index in [0.29, 0.717) is 59.0 Å². The summed E-state index contributed by atoms with van der Waals surface area (Å²) in [5, 5.41) is 10.7. The van der Waals surface area contributed by atoms with Crippen LogP contribution in [0.3, 0.4) is 0 Å². The van der Waals surface area contributed by atoms with Crippen LogP contribution in [0.15, 0.2) is 96.4 Å². The van der Waals surface area contributed by atoms with Crippen molar-refractivity contribution in [3.8, 4) is 34.8 Å². The average molecular weight is 625 g/mol. The molecule has 230 valence electrons. The molecule has 8 nitrogen and oxygen atoms in total. The number of ether oxygens (including phenoxy) is 5. The Morgan fingerprint density at radius 2 is 1.76 bits per heavy atom. The summed E-state index contributed by atoms with van der Waals surface area (Å²) in [5.41, 5.74) is 9.24. The van der Waals surface area contributed by atoms with Crippen LogP contribution in [0.5, 0.6) is 28.7 Å². The molecule has 0 bridgehead atoms. The number of unbranched alkanes of at least 4 members (excludes halogenated alkanes) is 1. The first-order chi connectivity index (χ1) is 21.9. The Labute approximate surface area is 267 Å². The van der Waals surface area contributed by atoms with Gasteiger partial charge >= 0.3 is 5.97 Å². The van der Waals surface area contributed by atoms with Gasteiger partial charge in [0.1, 0.15) is 35.5 Å². The Balaban J connectivity index is 1.39. The molecule has 1 aliphatic heterocycles. The zero-order valence-electron chi connectivity index (χ0n) is 25.0. The van der Waals surface area contributed by atoms with Crippen molar-refractivity contribution in [1.29, 1.82) is 5.26 Å². The first kappa shape index (κ1) is 31.3. The van der Waals surface area contributed by atoms with E-state index < -0.39 is 11.9 Å². The van der Waals surface area contributed by atoms with E-state index in [1.165, 1.54) is 0 Å². The van der Waals surface area contributed by atoms with Crippen molar-refractivity contribution in [3.63, 3.8) is 0 Å². The quantitative estimate of drug-likeness (QED) is 0.0960. The highest BCUT2D eigenvalue weighted by Gasteiger charge is 2.32. The first-order valence-corrected chi connectivity index (χ1v) is 15.1. The number of nitriles is 1. The van der Waals surface area contributed by atoms with Crippen LogP contribution in [0.25, 0.3) is 0 Å².